The van der Waals surface area contributed by atoms with Crippen molar-refractivity contribution < 1.29 is 9.53 Å². The zero-order valence-electron chi connectivity index (χ0n) is 10.00. The van der Waals surface area contributed by atoms with Gasteiger partial charge in [-0.3, -0.25) is 9.89 Å². The first-order valence-corrected chi connectivity index (χ1v) is 6.53. The van der Waals surface area contributed by atoms with Crippen LogP contribution in [-0.4, -0.2) is 29.3 Å². The van der Waals surface area contributed by atoms with Crippen LogP contribution in [0.1, 0.15) is 13.3 Å². The fourth-order valence-corrected chi connectivity index (χ4v) is 2.00. The second-order valence-corrected chi connectivity index (χ2v) is 4.66. The molecule has 1 aromatic carbocycles. The van der Waals surface area contributed by atoms with Crippen molar-refractivity contribution in [3.8, 4) is 0 Å². The van der Waals surface area contributed by atoms with Gasteiger partial charge in [0.2, 0.25) is 0 Å². The van der Waals surface area contributed by atoms with Gasteiger partial charge in [0.05, 0.1) is 18.5 Å². The molecule has 0 spiro atoms. The van der Waals surface area contributed by atoms with Crippen LogP contribution in [0.3, 0.4) is 0 Å². The zero-order valence-corrected chi connectivity index (χ0v) is 11.6. The van der Waals surface area contributed by atoms with E-state index >= 15 is 0 Å². The van der Waals surface area contributed by atoms with Crippen molar-refractivity contribution in [2.45, 2.75) is 13.3 Å². The minimum atomic E-state index is -0.201. The number of aromatic amines is 1. The van der Waals surface area contributed by atoms with Crippen molar-refractivity contribution in [1.82, 2.24) is 10.2 Å². The van der Waals surface area contributed by atoms with E-state index in [-0.39, 0.29) is 5.97 Å². The van der Waals surface area contributed by atoms with E-state index in [0.717, 1.165) is 21.2 Å². The van der Waals surface area contributed by atoms with Crippen LogP contribution in [0.2, 0.25) is 0 Å². The highest BCUT2D eigenvalue weighted by atomic mass is 79.9. The van der Waals surface area contributed by atoms with Crippen molar-refractivity contribution in [1.29, 1.82) is 0 Å². The largest absolute Gasteiger partial charge is 0.466 e. The standard InChI is InChI=1S/C12H14BrN3O2/c1-2-18-11(17)5-6-14-12-9-4-3-8(13)7-10(9)15-16-12/h3-4,7H,2,5-6H2,1H3,(H2,14,15,16). The maximum atomic E-state index is 11.2. The van der Waals surface area contributed by atoms with Crippen molar-refractivity contribution in [3.05, 3.63) is 22.7 Å². The summed E-state index contributed by atoms with van der Waals surface area (Å²) in [6.07, 6.45) is 0.332. The monoisotopic (exact) mass is 311 g/mol. The number of aromatic nitrogens is 2. The van der Waals surface area contributed by atoms with E-state index in [1.54, 1.807) is 6.92 Å². The van der Waals surface area contributed by atoms with Crippen molar-refractivity contribution in [2.24, 2.45) is 0 Å². The van der Waals surface area contributed by atoms with Gasteiger partial charge in [-0.15, -0.1) is 0 Å². The van der Waals surface area contributed by atoms with E-state index in [4.69, 9.17) is 4.74 Å². The summed E-state index contributed by atoms with van der Waals surface area (Å²) < 4.78 is 5.85. The Bertz CT molecular complexity index is 553. The van der Waals surface area contributed by atoms with Crippen LogP contribution in [-0.2, 0) is 9.53 Å². The van der Waals surface area contributed by atoms with E-state index in [1.807, 2.05) is 18.2 Å². The van der Waals surface area contributed by atoms with Gasteiger partial charge in [0.15, 0.2) is 5.82 Å². The Hall–Kier alpha value is -1.56. The average molecular weight is 312 g/mol. The maximum absolute atomic E-state index is 11.2. The third-order valence-corrected chi connectivity index (χ3v) is 2.95. The number of carbonyl (C=O) groups is 1. The highest BCUT2D eigenvalue weighted by Gasteiger charge is 2.06. The molecule has 1 heterocycles. The van der Waals surface area contributed by atoms with Crippen molar-refractivity contribution >= 4 is 38.6 Å². The molecule has 0 saturated carbocycles. The lowest BCUT2D eigenvalue weighted by Gasteiger charge is -2.03. The number of anilines is 1. The lowest BCUT2D eigenvalue weighted by atomic mass is 10.2. The molecular formula is C12H14BrN3O2. The van der Waals surface area contributed by atoms with Crippen LogP contribution in [0.25, 0.3) is 10.9 Å². The molecule has 0 bridgehead atoms. The summed E-state index contributed by atoms with van der Waals surface area (Å²) in [6, 6.07) is 5.88. The van der Waals surface area contributed by atoms with Crippen LogP contribution in [0.4, 0.5) is 5.82 Å². The Balaban J connectivity index is 1.98. The third-order valence-electron chi connectivity index (χ3n) is 2.45. The van der Waals surface area contributed by atoms with Gasteiger partial charge >= 0.3 is 5.97 Å². The Kier molecular flexibility index (Phi) is 4.19. The third kappa shape index (κ3) is 3.01. The van der Waals surface area contributed by atoms with Gasteiger partial charge < -0.3 is 10.1 Å². The Morgan fingerprint density at radius 1 is 1.56 bits per heavy atom. The number of fused-ring (bicyclic) bond motifs is 1. The molecule has 18 heavy (non-hydrogen) atoms. The molecule has 2 rings (SSSR count). The topological polar surface area (TPSA) is 67.0 Å². The van der Waals surface area contributed by atoms with Crippen LogP contribution in [0.5, 0.6) is 0 Å². The number of nitrogens with one attached hydrogen (secondary N) is 2. The highest BCUT2D eigenvalue weighted by molar-refractivity contribution is 9.10. The molecule has 0 unspecified atom stereocenters. The molecular weight excluding hydrogens is 298 g/mol. The molecule has 5 nitrogen and oxygen atoms in total. The lowest BCUT2D eigenvalue weighted by molar-refractivity contribution is -0.142. The number of esters is 1. The van der Waals surface area contributed by atoms with Gasteiger partial charge in [0.1, 0.15) is 0 Å². The Morgan fingerprint density at radius 3 is 3.17 bits per heavy atom. The maximum Gasteiger partial charge on any atom is 0.307 e. The molecule has 6 heteroatoms. The number of halogens is 1. The summed E-state index contributed by atoms with van der Waals surface area (Å²) in [5.41, 5.74) is 0.947. The SMILES string of the molecule is CCOC(=O)CCNc1n[nH]c2cc(Br)ccc12. The molecule has 2 N–H and O–H groups in total. The fraction of sp³-hybridized carbons (Fsp3) is 0.333. The molecule has 0 aliphatic carbocycles. The average Bonchev–Trinajstić information content (AvgIpc) is 2.72. The Labute approximate surface area is 113 Å². The zero-order chi connectivity index (χ0) is 13.0. The molecule has 0 aliphatic heterocycles. The molecule has 1 aromatic heterocycles. The molecule has 2 aromatic rings. The fourth-order valence-electron chi connectivity index (χ4n) is 1.64. The number of nitrogens with zero attached hydrogens (tertiary/aromatic N) is 1. The summed E-state index contributed by atoms with van der Waals surface area (Å²) in [4.78, 5) is 11.2. The number of benzene rings is 1. The predicted octanol–water partition coefficient (Wildman–Crippen LogP) is 2.69. The van der Waals surface area contributed by atoms with Crippen LogP contribution in [0.15, 0.2) is 22.7 Å². The van der Waals surface area contributed by atoms with Gasteiger partial charge in [-0.2, -0.15) is 5.10 Å². The summed E-state index contributed by atoms with van der Waals surface area (Å²) >= 11 is 3.40. The molecule has 0 atom stereocenters. The van der Waals surface area contributed by atoms with Gasteiger partial charge in [-0.25, -0.2) is 0 Å². The summed E-state index contributed by atoms with van der Waals surface area (Å²) in [7, 11) is 0. The smallest absolute Gasteiger partial charge is 0.307 e. The van der Waals surface area contributed by atoms with E-state index < -0.39 is 0 Å². The van der Waals surface area contributed by atoms with Gasteiger partial charge in [0.25, 0.3) is 0 Å². The Morgan fingerprint density at radius 2 is 2.39 bits per heavy atom. The lowest BCUT2D eigenvalue weighted by Crippen LogP contribution is -2.11. The normalized spacial score (nSPS) is 10.6. The number of rotatable bonds is 5. The number of hydrogen-bond donors (Lipinski definition) is 2. The number of hydrogen-bond acceptors (Lipinski definition) is 4. The molecule has 0 aliphatic rings. The van der Waals surface area contributed by atoms with Gasteiger partial charge in [-0.1, -0.05) is 15.9 Å². The second-order valence-electron chi connectivity index (χ2n) is 3.74. The van der Waals surface area contributed by atoms with Crippen molar-refractivity contribution in [3.63, 3.8) is 0 Å². The molecule has 0 fully saturated rings. The molecule has 96 valence electrons. The molecule has 0 radical (unpaired) electrons. The number of H-pyrrole nitrogens is 1. The number of carbonyl (C=O) groups excluding carboxylic acids is 1. The van der Waals surface area contributed by atoms with E-state index in [1.165, 1.54) is 0 Å². The van der Waals surface area contributed by atoms with E-state index in [0.29, 0.717) is 19.6 Å². The predicted molar refractivity (Wildman–Crippen MR) is 73.5 cm³/mol. The van der Waals surface area contributed by atoms with Crippen LogP contribution >= 0.6 is 15.9 Å². The highest BCUT2D eigenvalue weighted by Crippen LogP contribution is 2.23. The summed E-state index contributed by atoms with van der Waals surface area (Å²) in [6.45, 7) is 2.72. The minimum Gasteiger partial charge on any atom is -0.466 e. The van der Waals surface area contributed by atoms with Crippen molar-refractivity contribution in [2.75, 3.05) is 18.5 Å². The second kappa shape index (κ2) is 5.86. The van der Waals surface area contributed by atoms with E-state index in [9.17, 15) is 4.79 Å². The van der Waals surface area contributed by atoms with Crippen LogP contribution < -0.4 is 5.32 Å². The van der Waals surface area contributed by atoms with Gasteiger partial charge in [0, 0.05) is 16.4 Å². The molecule has 0 amide bonds. The molecule has 0 saturated heterocycles. The van der Waals surface area contributed by atoms with Gasteiger partial charge in [-0.05, 0) is 25.1 Å². The summed E-state index contributed by atoms with van der Waals surface area (Å²) in [5.74, 6) is 0.550. The summed E-state index contributed by atoms with van der Waals surface area (Å²) in [5, 5.41) is 11.2. The number of ether oxygens (including phenoxy) is 1. The first-order valence-electron chi connectivity index (χ1n) is 5.74. The first-order chi connectivity index (χ1) is 8.70. The van der Waals surface area contributed by atoms with Crippen LogP contribution in [0, 0.1) is 0 Å². The van der Waals surface area contributed by atoms with E-state index in [2.05, 4.69) is 31.4 Å². The quantitative estimate of drug-likeness (QED) is 0.833. The minimum absolute atomic E-state index is 0.201. The first kappa shape index (κ1) is 12.9.